The van der Waals surface area contributed by atoms with E-state index in [9.17, 15) is 0 Å². The van der Waals surface area contributed by atoms with Gasteiger partial charge in [-0.05, 0) is 49.3 Å². The third-order valence-electron chi connectivity index (χ3n) is 2.95. The van der Waals surface area contributed by atoms with Crippen LogP contribution in [0, 0.1) is 6.92 Å². The van der Waals surface area contributed by atoms with Crippen LogP contribution < -0.4 is 5.32 Å². The quantitative estimate of drug-likeness (QED) is 0.826. The fraction of sp³-hybridized carbons (Fsp3) is 0.267. The number of benzene rings is 1. The number of hydrogen-bond acceptors (Lipinski definition) is 4. The molecule has 0 aliphatic carbocycles. The lowest BCUT2D eigenvalue weighted by atomic mass is 10.1. The van der Waals surface area contributed by atoms with Gasteiger partial charge in [-0.1, -0.05) is 19.1 Å². The van der Waals surface area contributed by atoms with Gasteiger partial charge in [0.15, 0.2) is 0 Å². The first-order chi connectivity index (χ1) is 9.13. The summed E-state index contributed by atoms with van der Waals surface area (Å²) >= 11 is 6.80. The first kappa shape index (κ1) is 14.0. The van der Waals surface area contributed by atoms with Crippen LogP contribution in [0.1, 0.15) is 22.2 Å². The maximum Gasteiger partial charge on any atom is 0.201 e. The Morgan fingerprint density at radius 1 is 1.32 bits per heavy atom. The van der Waals surface area contributed by atoms with Crippen LogP contribution in [0.2, 0.25) is 0 Å². The monoisotopic (exact) mass is 291 g/mol. The highest BCUT2D eigenvalue weighted by Crippen LogP contribution is 2.29. The van der Waals surface area contributed by atoms with Gasteiger partial charge in [0, 0.05) is 10.6 Å². The Labute approximate surface area is 123 Å². The Morgan fingerprint density at radius 2 is 2.00 bits per heavy atom. The molecule has 4 heteroatoms. The van der Waals surface area contributed by atoms with Crippen LogP contribution in [-0.4, -0.2) is 12.2 Å². The zero-order valence-electron chi connectivity index (χ0n) is 11.3. The molecule has 0 amide bonds. The van der Waals surface area contributed by atoms with E-state index in [0.717, 1.165) is 22.7 Å². The summed E-state index contributed by atoms with van der Waals surface area (Å²) in [6.07, 6.45) is 1.06. The minimum absolute atomic E-state index is 0.544. The molecule has 0 aliphatic rings. The molecule has 0 spiro atoms. The van der Waals surface area contributed by atoms with Crippen LogP contribution in [0.3, 0.4) is 0 Å². The summed E-state index contributed by atoms with van der Waals surface area (Å²) < 4.78 is 5.10. The van der Waals surface area contributed by atoms with Gasteiger partial charge in [0.1, 0.15) is 0 Å². The summed E-state index contributed by atoms with van der Waals surface area (Å²) in [6.45, 7) is 4.23. The van der Waals surface area contributed by atoms with Crippen LogP contribution in [0.5, 0.6) is 0 Å². The van der Waals surface area contributed by atoms with Crippen molar-refractivity contribution in [3.63, 3.8) is 0 Å². The Hall–Kier alpha value is -1.39. The smallest absolute Gasteiger partial charge is 0.201 e. The second-order valence-corrected chi connectivity index (χ2v) is 5.87. The molecule has 100 valence electrons. The van der Waals surface area contributed by atoms with Crippen LogP contribution >= 0.6 is 23.6 Å². The Balaban J connectivity index is 2.18. The normalized spacial score (nSPS) is 10.3. The molecule has 1 aromatic heterocycles. The SMILES string of the molecule is CCc1ccc(Nc2cc(C(=S)OC)sc2C)cc1. The van der Waals surface area contributed by atoms with Crippen molar-refractivity contribution in [1.82, 2.24) is 0 Å². The fourth-order valence-corrected chi connectivity index (χ4v) is 2.86. The average molecular weight is 291 g/mol. The molecule has 0 fully saturated rings. The summed E-state index contributed by atoms with van der Waals surface area (Å²) in [6, 6.07) is 10.5. The van der Waals surface area contributed by atoms with Crippen molar-refractivity contribution in [2.45, 2.75) is 20.3 Å². The highest BCUT2D eigenvalue weighted by atomic mass is 32.1. The van der Waals surface area contributed by atoms with Gasteiger partial charge < -0.3 is 10.1 Å². The number of thiophene rings is 1. The van der Waals surface area contributed by atoms with E-state index in [1.165, 1.54) is 10.4 Å². The molecule has 0 saturated carbocycles. The largest absolute Gasteiger partial charge is 0.486 e. The molecule has 2 rings (SSSR count). The number of aryl methyl sites for hydroxylation is 2. The van der Waals surface area contributed by atoms with Crippen molar-refractivity contribution < 1.29 is 4.74 Å². The molecule has 0 unspecified atom stereocenters. The molecule has 0 atom stereocenters. The number of anilines is 2. The van der Waals surface area contributed by atoms with Crippen molar-refractivity contribution in [2.75, 3.05) is 12.4 Å². The summed E-state index contributed by atoms with van der Waals surface area (Å²) in [5, 5.41) is 3.96. The molecular weight excluding hydrogens is 274 g/mol. The van der Waals surface area contributed by atoms with Gasteiger partial charge in [-0.25, -0.2) is 0 Å². The average Bonchev–Trinajstić information content (AvgIpc) is 2.80. The van der Waals surface area contributed by atoms with Crippen molar-refractivity contribution in [3.8, 4) is 0 Å². The number of rotatable bonds is 4. The number of methoxy groups -OCH3 is 1. The van der Waals surface area contributed by atoms with E-state index in [0.29, 0.717) is 5.05 Å². The third-order valence-corrected chi connectivity index (χ3v) is 4.51. The van der Waals surface area contributed by atoms with Crippen LogP contribution in [0.15, 0.2) is 30.3 Å². The molecule has 19 heavy (non-hydrogen) atoms. The summed E-state index contributed by atoms with van der Waals surface area (Å²) in [7, 11) is 1.61. The van der Waals surface area contributed by atoms with Gasteiger partial charge in [-0.3, -0.25) is 0 Å². The van der Waals surface area contributed by atoms with Gasteiger partial charge in [0.05, 0.1) is 17.7 Å². The number of hydrogen-bond donors (Lipinski definition) is 1. The molecular formula is C15H17NOS2. The molecule has 0 bridgehead atoms. The minimum atomic E-state index is 0.544. The molecule has 1 N–H and O–H groups in total. The van der Waals surface area contributed by atoms with E-state index >= 15 is 0 Å². The van der Waals surface area contributed by atoms with Gasteiger partial charge in [0.2, 0.25) is 5.05 Å². The lowest BCUT2D eigenvalue weighted by Gasteiger charge is -2.06. The summed E-state index contributed by atoms with van der Waals surface area (Å²) in [4.78, 5) is 2.19. The van der Waals surface area contributed by atoms with E-state index in [-0.39, 0.29) is 0 Å². The summed E-state index contributed by atoms with van der Waals surface area (Å²) in [5.74, 6) is 0. The highest BCUT2D eigenvalue weighted by Gasteiger charge is 2.09. The Morgan fingerprint density at radius 3 is 2.58 bits per heavy atom. The van der Waals surface area contributed by atoms with Crippen molar-refractivity contribution in [3.05, 3.63) is 45.6 Å². The van der Waals surface area contributed by atoms with Crippen molar-refractivity contribution >= 4 is 40.0 Å². The van der Waals surface area contributed by atoms with Gasteiger partial charge >= 0.3 is 0 Å². The maximum atomic E-state index is 5.15. The van der Waals surface area contributed by atoms with Gasteiger partial charge in [-0.15, -0.1) is 11.3 Å². The molecule has 0 aliphatic heterocycles. The lowest BCUT2D eigenvalue weighted by Crippen LogP contribution is -1.95. The van der Waals surface area contributed by atoms with Crippen LogP contribution in [0.4, 0.5) is 11.4 Å². The molecule has 0 radical (unpaired) electrons. The molecule has 2 nitrogen and oxygen atoms in total. The van der Waals surface area contributed by atoms with Gasteiger partial charge in [-0.2, -0.15) is 0 Å². The van der Waals surface area contributed by atoms with E-state index in [1.807, 2.05) is 6.07 Å². The number of thiocarbonyl (C=S) groups is 1. The van der Waals surface area contributed by atoms with Crippen molar-refractivity contribution in [1.29, 1.82) is 0 Å². The molecule has 2 aromatic rings. The standard InChI is InChI=1S/C15H17NOS2/c1-4-11-5-7-12(8-6-11)16-13-9-14(15(18)17-3)19-10(13)2/h5-9,16H,4H2,1-3H3. The second-order valence-electron chi connectivity index (χ2n) is 4.25. The predicted octanol–water partition coefficient (Wildman–Crippen LogP) is 4.68. The third kappa shape index (κ3) is 3.33. The number of ether oxygens (including phenoxy) is 1. The van der Waals surface area contributed by atoms with E-state index < -0.39 is 0 Å². The first-order valence-corrected chi connectivity index (χ1v) is 7.41. The topological polar surface area (TPSA) is 21.3 Å². The number of nitrogens with one attached hydrogen (secondary N) is 1. The van der Waals surface area contributed by atoms with E-state index in [1.54, 1.807) is 18.4 Å². The zero-order chi connectivity index (χ0) is 13.8. The zero-order valence-corrected chi connectivity index (χ0v) is 13.0. The van der Waals surface area contributed by atoms with E-state index in [4.69, 9.17) is 17.0 Å². The van der Waals surface area contributed by atoms with Crippen LogP contribution in [-0.2, 0) is 11.2 Å². The van der Waals surface area contributed by atoms with Crippen molar-refractivity contribution in [2.24, 2.45) is 0 Å². The first-order valence-electron chi connectivity index (χ1n) is 6.18. The Kier molecular flexibility index (Phi) is 4.56. The fourth-order valence-electron chi connectivity index (χ4n) is 1.79. The van der Waals surface area contributed by atoms with Gasteiger partial charge in [0.25, 0.3) is 0 Å². The molecule has 1 heterocycles. The van der Waals surface area contributed by atoms with E-state index in [2.05, 4.69) is 43.4 Å². The van der Waals surface area contributed by atoms with Crippen LogP contribution in [0.25, 0.3) is 0 Å². The second kappa shape index (κ2) is 6.17. The predicted molar refractivity (Wildman–Crippen MR) is 86.9 cm³/mol. The lowest BCUT2D eigenvalue weighted by molar-refractivity contribution is 0.417. The maximum absolute atomic E-state index is 5.15. The highest BCUT2D eigenvalue weighted by molar-refractivity contribution is 7.80. The molecule has 0 saturated heterocycles. The molecule has 1 aromatic carbocycles. The summed E-state index contributed by atoms with van der Waals surface area (Å²) in [5.41, 5.74) is 3.52. The minimum Gasteiger partial charge on any atom is -0.486 e. The Bertz CT molecular complexity index is 572.